The minimum Gasteiger partial charge on any atom is -0.478 e. The minimum atomic E-state index is -1.26. The average molecular weight is 365 g/mol. The molecule has 7 heteroatoms. The van der Waals surface area contributed by atoms with Gasteiger partial charge in [0.1, 0.15) is 5.82 Å². The summed E-state index contributed by atoms with van der Waals surface area (Å²) in [5, 5.41) is 29.6. The van der Waals surface area contributed by atoms with E-state index in [1.54, 1.807) is 12.1 Å². The zero-order valence-electron chi connectivity index (χ0n) is 14.4. The molecule has 2 aliphatic rings. The van der Waals surface area contributed by atoms with E-state index in [-0.39, 0.29) is 17.4 Å². The van der Waals surface area contributed by atoms with Crippen LogP contribution in [-0.2, 0) is 9.59 Å². The molecule has 1 aromatic carbocycles. The summed E-state index contributed by atoms with van der Waals surface area (Å²) in [6.45, 7) is 0. The van der Waals surface area contributed by atoms with Crippen LogP contribution in [0.2, 0.25) is 0 Å². The van der Waals surface area contributed by atoms with Crippen LogP contribution < -0.4 is 5.32 Å². The Labute approximate surface area is 151 Å². The van der Waals surface area contributed by atoms with E-state index < -0.39 is 18.0 Å². The lowest BCUT2D eigenvalue weighted by Gasteiger charge is -2.27. The van der Waals surface area contributed by atoms with Crippen LogP contribution in [0.5, 0.6) is 0 Å². The average Bonchev–Trinajstić information content (AvgIpc) is 3.23. The van der Waals surface area contributed by atoms with Crippen LogP contribution in [-0.4, -0.2) is 38.8 Å². The molecule has 26 heavy (non-hydrogen) atoms. The number of carbonyl (C=O) groups is 2. The SMILES string of the molecule is O=C(O)/C=C\C(=O)O.O[C@@H](c1cccc(F)c1)C1CCC2(CCCC2)N1. The highest BCUT2D eigenvalue weighted by molar-refractivity contribution is 5.89. The predicted octanol–water partition coefficient (Wildman–Crippen LogP) is 2.64. The van der Waals surface area contributed by atoms with Crippen LogP contribution in [0.1, 0.15) is 50.2 Å². The molecular weight excluding hydrogens is 341 g/mol. The fourth-order valence-corrected chi connectivity index (χ4v) is 3.72. The fraction of sp³-hybridized carbons (Fsp3) is 0.474. The van der Waals surface area contributed by atoms with E-state index in [4.69, 9.17) is 10.2 Å². The van der Waals surface area contributed by atoms with Gasteiger partial charge in [-0.1, -0.05) is 25.0 Å². The maximum atomic E-state index is 13.2. The standard InChI is InChI=1S/C15H20FNO.C4H4O4/c16-12-5-3-4-11(10-12)14(18)13-6-9-15(17-13)7-1-2-8-15;5-3(6)1-2-4(7)8/h3-5,10,13-14,17-18H,1-2,6-9H2;1-2H,(H,5,6)(H,7,8)/b;2-1-/t13?,14-;/m0./s1. The number of carboxylic acids is 2. The van der Waals surface area contributed by atoms with E-state index in [9.17, 15) is 19.1 Å². The summed E-state index contributed by atoms with van der Waals surface area (Å²) >= 11 is 0. The van der Waals surface area contributed by atoms with E-state index in [2.05, 4.69) is 5.32 Å². The van der Waals surface area contributed by atoms with Gasteiger partial charge in [-0.25, -0.2) is 14.0 Å². The first kappa shape index (κ1) is 20.1. The number of carboxylic acid groups (broad SMARTS) is 2. The van der Waals surface area contributed by atoms with Crippen LogP contribution in [0.3, 0.4) is 0 Å². The van der Waals surface area contributed by atoms with E-state index in [1.807, 2.05) is 0 Å². The van der Waals surface area contributed by atoms with Gasteiger partial charge in [0.15, 0.2) is 0 Å². The van der Waals surface area contributed by atoms with Crippen molar-refractivity contribution in [2.45, 2.75) is 56.2 Å². The second-order valence-corrected chi connectivity index (χ2v) is 6.79. The lowest BCUT2D eigenvalue weighted by atomic mass is 9.96. The van der Waals surface area contributed by atoms with Gasteiger partial charge in [0.2, 0.25) is 0 Å². The van der Waals surface area contributed by atoms with E-state index >= 15 is 0 Å². The normalized spacial score (nSPS) is 22.2. The second kappa shape index (κ2) is 8.91. The summed E-state index contributed by atoms with van der Waals surface area (Å²) < 4.78 is 13.2. The molecule has 1 saturated heterocycles. The summed E-state index contributed by atoms with van der Waals surface area (Å²) in [6.07, 6.45) is 7.66. The molecule has 0 bridgehead atoms. The Morgan fingerprint density at radius 2 is 1.77 bits per heavy atom. The molecule has 1 saturated carbocycles. The first-order valence-corrected chi connectivity index (χ1v) is 8.66. The maximum absolute atomic E-state index is 13.2. The van der Waals surface area contributed by atoms with Gasteiger partial charge in [-0.05, 0) is 43.4 Å². The number of halogens is 1. The number of aliphatic hydroxyl groups is 1. The van der Waals surface area contributed by atoms with Crippen molar-refractivity contribution in [1.29, 1.82) is 0 Å². The van der Waals surface area contributed by atoms with Crippen molar-refractivity contribution in [2.75, 3.05) is 0 Å². The predicted molar refractivity (Wildman–Crippen MR) is 93.1 cm³/mol. The van der Waals surface area contributed by atoms with Gasteiger partial charge >= 0.3 is 11.9 Å². The third-order valence-electron chi connectivity index (χ3n) is 4.93. The van der Waals surface area contributed by atoms with Crippen molar-refractivity contribution in [3.8, 4) is 0 Å². The molecule has 2 fully saturated rings. The molecular formula is C19H24FNO5. The molecule has 0 radical (unpaired) electrons. The Hall–Kier alpha value is -2.25. The first-order valence-electron chi connectivity index (χ1n) is 8.66. The Morgan fingerprint density at radius 1 is 1.15 bits per heavy atom. The highest BCUT2D eigenvalue weighted by Crippen LogP contribution is 2.41. The number of hydrogen-bond donors (Lipinski definition) is 4. The molecule has 6 nitrogen and oxygen atoms in total. The van der Waals surface area contributed by atoms with Crippen LogP contribution in [0, 0.1) is 5.82 Å². The number of nitrogens with one attached hydrogen (secondary N) is 1. The lowest BCUT2D eigenvalue weighted by molar-refractivity contribution is -0.134. The van der Waals surface area contributed by atoms with E-state index in [0.29, 0.717) is 17.7 Å². The number of benzene rings is 1. The lowest BCUT2D eigenvalue weighted by Crippen LogP contribution is -2.42. The maximum Gasteiger partial charge on any atom is 0.328 e. The quantitative estimate of drug-likeness (QED) is 0.611. The van der Waals surface area contributed by atoms with Gasteiger partial charge in [-0.3, -0.25) is 0 Å². The fourth-order valence-electron chi connectivity index (χ4n) is 3.72. The topological polar surface area (TPSA) is 107 Å². The van der Waals surface area contributed by atoms with Gasteiger partial charge in [-0.2, -0.15) is 0 Å². The highest BCUT2D eigenvalue weighted by atomic mass is 19.1. The number of rotatable bonds is 4. The Bertz CT molecular complexity index is 654. The summed E-state index contributed by atoms with van der Waals surface area (Å²) in [5.74, 6) is -2.79. The Morgan fingerprint density at radius 3 is 2.31 bits per heavy atom. The van der Waals surface area contributed by atoms with E-state index in [0.717, 1.165) is 12.8 Å². The number of hydrogen-bond acceptors (Lipinski definition) is 4. The minimum absolute atomic E-state index is 0.0740. The molecule has 142 valence electrons. The van der Waals surface area contributed by atoms with Gasteiger partial charge in [0.25, 0.3) is 0 Å². The molecule has 1 aromatic rings. The Balaban J connectivity index is 0.000000260. The zero-order chi connectivity index (χ0) is 19.2. The number of aliphatic carboxylic acids is 2. The van der Waals surface area contributed by atoms with Gasteiger partial charge in [-0.15, -0.1) is 0 Å². The third-order valence-corrected chi connectivity index (χ3v) is 4.93. The molecule has 1 aliphatic carbocycles. The molecule has 1 spiro atoms. The van der Waals surface area contributed by atoms with Crippen molar-refractivity contribution in [2.24, 2.45) is 0 Å². The van der Waals surface area contributed by atoms with Crippen molar-refractivity contribution >= 4 is 11.9 Å². The summed E-state index contributed by atoms with van der Waals surface area (Å²) in [4.78, 5) is 19.1. The largest absolute Gasteiger partial charge is 0.478 e. The molecule has 1 aliphatic heterocycles. The monoisotopic (exact) mass is 365 g/mol. The summed E-state index contributed by atoms with van der Waals surface area (Å²) in [5.41, 5.74) is 0.946. The van der Waals surface area contributed by atoms with Crippen LogP contribution in [0.15, 0.2) is 36.4 Å². The first-order chi connectivity index (χ1) is 12.3. The van der Waals surface area contributed by atoms with Crippen LogP contribution in [0.4, 0.5) is 4.39 Å². The molecule has 1 heterocycles. The second-order valence-electron chi connectivity index (χ2n) is 6.79. The molecule has 1 unspecified atom stereocenters. The zero-order valence-corrected chi connectivity index (χ0v) is 14.4. The van der Waals surface area contributed by atoms with Gasteiger partial charge in [0, 0.05) is 23.7 Å². The summed E-state index contributed by atoms with van der Waals surface area (Å²) in [6, 6.07) is 6.39. The van der Waals surface area contributed by atoms with Gasteiger partial charge in [0.05, 0.1) is 6.10 Å². The molecule has 2 atom stereocenters. The summed E-state index contributed by atoms with van der Waals surface area (Å²) in [7, 11) is 0. The van der Waals surface area contributed by atoms with E-state index in [1.165, 1.54) is 37.8 Å². The molecule has 0 amide bonds. The van der Waals surface area contributed by atoms with Crippen molar-refractivity contribution < 1.29 is 29.3 Å². The van der Waals surface area contributed by atoms with Crippen LogP contribution >= 0.6 is 0 Å². The van der Waals surface area contributed by atoms with Gasteiger partial charge < -0.3 is 20.6 Å². The van der Waals surface area contributed by atoms with Crippen molar-refractivity contribution in [3.63, 3.8) is 0 Å². The Kier molecular flexibility index (Phi) is 6.88. The smallest absolute Gasteiger partial charge is 0.328 e. The van der Waals surface area contributed by atoms with Crippen molar-refractivity contribution in [1.82, 2.24) is 5.32 Å². The molecule has 4 N–H and O–H groups in total. The molecule has 3 rings (SSSR count). The van der Waals surface area contributed by atoms with Crippen molar-refractivity contribution in [3.05, 3.63) is 47.8 Å². The highest BCUT2D eigenvalue weighted by Gasteiger charge is 2.42. The van der Waals surface area contributed by atoms with Crippen LogP contribution in [0.25, 0.3) is 0 Å². The molecule has 0 aromatic heterocycles. The third kappa shape index (κ3) is 5.64. The number of aliphatic hydroxyl groups excluding tert-OH is 1.